The minimum absolute atomic E-state index is 0.118. The minimum atomic E-state index is -1.36. The molecule has 0 aliphatic carbocycles. The molecule has 29 heavy (non-hydrogen) atoms. The molecule has 0 fully saturated rings. The van der Waals surface area contributed by atoms with Gasteiger partial charge in [-0.15, -0.1) is 23.2 Å². The zero-order valence-electron chi connectivity index (χ0n) is 16.4. The lowest BCUT2D eigenvalue weighted by atomic mass is 10.00. The van der Waals surface area contributed by atoms with Crippen LogP contribution in [0.1, 0.15) is 38.2 Å². The number of carbonyl (C=O) groups excluding carboxylic acids is 1. The fourth-order valence-electron chi connectivity index (χ4n) is 2.71. The lowest BCUT2D eigenvalue weighted by molar-refractivity contribution is -0.140. The van der Waals surface area contributed by atoms with Gasteiger partial charge in [-0.3, -0.25) is 4.79 Å². The zero-order valence-corrected chi connectivity index (χ0v) is 17.9. The Labute approximate surface area is 179 Å². The van der Waals surface area contributed by atoms with Gasteiger partial charge in [0.25, 0.3) is 0 Å². The van der Waals surface area contributed by atoms with Gasteiger partial charge < -0.3 is 25.2 Å². The molecule has 0 saturated carbocycles. The SMILES string of the molecule is CC(C)c1cc(OC(=O)N[C@@H](CCC(=O)O)C(=O)O)ccc1N(CCCl)CCCl. The zero-order chi connectivity index (χ0) is 22.0. The van der Waals surface area contributed by atoms with Crippen LogP contribution in [0.25, 0.3) is 0 Å². The van der Waals surface area contributed by atoms with Gasteiger partial charge in [-0.05, 0) is 36.1 Å². The molecule has 0 unspecified atom stereocenters. The lowest BCUT2D eigenvalue weighted by Crippen LogP contribution is -2.42. The van der Waals surface area contributed by atoms with E-state index in [1.54, 1.807) is 18.2 Å². The highest BCUT2D eigenvalue weighted by atomic mass is 35.5. The number of amides is 1. The third-order valence-corrected chi connectivity index (χ3v) is 4.46. The minimum Gasteiger partial charge on any atom is -0.481 e. The van der Waals surface area contributed by atoms with E-state index in [0.717, 1.165) is 11.3 Å². The average molecular weight is 449 g/mol. The molecule has 1 amide bonds. The van der Waals surface area contributed by atoms with Crippen molar-refractivity contribution in [1.29, 1.82) is 0 Å². The molecule has 162 valence electrons. The largest absolute Gasteiger partial charge is 0.481 e. The van der Waals surface area contributed by atoms with Gasteiger partial charge in [0, 0.05) is 37.0 Å². The second-order valence-corrected chi connectivity index (χ2v) is 7.35. The first-order valence-electron chi connectivity index (χ1n) is 9.13. The van der Waals surface area contributed by atoms with E-state index in [4.69, 9.17) is 38.2 Å². The lowest BCUT2D eigenvalue weighted by Gasteiger charge is -2.27. The van der Waals surface area contributed by atoms with Gasteiger partial charge in [0.2, 0.25) is 0 Å². The van der Waals surface area contributed by atoms with E-state index in [1.807, 2.05) is 18.7 Å². The number of carboxylic acids is 2. The summed E-state index contributed by atoms with van der Waals surface area (Å²) in [4.78, 5) is 36.0. The molecule has 1 aromatic carbocycles. The molecule has 3 N–H and O–H groups in total. The number of carbonyl (C=O) groups is 3. The molecule has 1 aromatic rings. The van der Waals surface area contributed by atoms with Crippen molar-refractivity contribution in [2.75, 3.05) is 29.7 Å². The van der Waals surface area contributed by atoms with Crippen molar-refractivity contribution in [2.45, 2.75) is 38.6 Å². The Hall–Kier alpha value is -2.19. The third kappa shape index (κ3) is 8.37. The van der Waals surface area contributed by atoms with Crippen molar-refractivity contribution in [1.82, 2.24) is 5.32 Å². The molecule has 1 rings (SSSR count). The molecule has 0 aromatic heterocycles. The topological polar surface area (TPSA) is 116 Å². The predicted molar refractivity (Wildman–Crippen MR) is 112 cm³/mol. The summed E-state index contributed by atoms with van der Waals surface area (Å²) in [5, 5.41) is 20.0. The fraction of sp³-hybridized carbons (Fsp3) is 0.526. The third-order valence-electron chi connectivity index (χ3n) is 4.12. The van der Waals surface area contributed by atoms with Gasteiger partial charge in [-0.25, -0.2) is 9.59 Å². The van der Waals surface area contributed by atoms with Crippen molar-refractivity contribution in [3.63, 3.8) is 0 Å². The number of hydrogen-bond donors (Lipinski definition) is 3. The summed E-state index contributed by atoms with van der Waals surface area (Å²) in [6, 6.07) is 3.76. The molecule has 10 heteroatoms. The quantitative estimate of drug-likeness (QED) is 0.418. The van der Waals surface area contributed by atoms with Gasteiger partial charge in [-0.1, -0.05) is 13.8 Å². The van der Waals surface area contributed by atoms with Crippen LogP contribution in [0.3, 0.4) is 0 Å². The summed E-state index contributed by atoms with van der Waals surface area (Å²) < 4.78 is 5.22. The Morgan fingerprint density at radius 2 is 1.76 bits per heavy atom. The predicted octanol–water partition coefficient (Wildman–Crippen LogP) is 3.50. The maximum Gasteiger partial charge on any atom is 0.413 e. The highest BCUT2D eigenvalue weighted by molar-refractivity contribution is 6.18. The van der Waals surface area contributed by atoms with E-state index in [9.17, 15) is 14.4 Å². The van der Waals surface area contributed by atoms with Crippen LogP contribution in [0.5, 0.6) is 5.75 Å². The van der Waals surface area contributed by atoms with Crippen molar-refractivity contribution < 1.29 is 29.3 Å². The monoisotopic (exact) mass is 448 g/mol. The first-order chi connectivity index (χ1) is 13.7. The summed E-state index contributed by atoms with van der Waals surface area (Å²) in [7, 11) is 0. The molecule has 0 aliphatic heterocycles. The Morgan fingerprint density at radius 3 is 2.24 bits per heavy atom. The molecule has 0 heterocycles. The van der Waals surface area contributed by atoms with Crippen LogP contribution in [-0.4, -0.2) is 59.1 Å². The molecule has 0 saturated heterocycles. The summed E-state index contributed by atoms with van der Waals surface area (Å²) in [6.07, 6.45) is -1.61. The van der Waals surface area contributed by atoms with Gasteiger partial charge in [0.1, 0.15) is 11.8 Å². The van der Waals surface area contributed by atoms with Crippen molar-refractivity contribution in [2.24, 2.45) is 0 Å². The number of nitrogens with zero attached hydrogens (tertiary/aromatic N) is 1. The van der Waals surface area contributed by atoms with E-state index < -0.39 is 24.1 Å². The molecule has 0 spiro atoms. The maximum absolute atomic E-state index is 12.1. The number of anilines is 1. The summed E-state index contributed by atoms with van der Waals surface area (Å²) in [6.45, 7) is 5.21. The number of benzene rings is 1. The van der Waals surface area contributed by atoms with Gasteiger partial charge >= 0.3 is 18.0 Å². The number of aliphatic carboxylic acids is 2. The molecule has 0 radical (unpaired) electrons. The normalized spacial score (nSPS) is 11.8. The van der Waals surface area contributed by atoms with Gasteiger partial charge in [0.15, 0.2) is 0 Å². The number of halogens is 2. The summed E-state index contributed by atoms with van der Waals surface area (Å²) in [5.74, 6) is -1.26. The highest BCUT2D eigenvalue weighted by Gasteiger charge is 2.22. The Balaban J connectivity index is 2.95. The fourth-order valence-corrected chi connectivity index (χ4v) is 3.12. The van der Waals surface area contributed by atoms with Crippen LogP contribution >= 0.6 is 23.2 Å². The van der Waals surface area contributed by atoms with Crippen LogP contribution in [-0.2, 0) is 9.59 Å². The van der Waals surface area contributed by atoms with Crippen molar-refractivity contribution in [3.8, 4) is 5.75 Å². The second kappa shape index (κ2) is 12.4. The number of nitrogens with one attached hydrogen (secondary N) is 1. The first-order valence-corrected chi connectivity index (χ1v) is 10.2. The summed E-state index contributed by atoms with van der Waals surface area (Å²) in [5.41, 5.74) is 1.85. The van der Waals surface area contributed by atoms with E-state index in [0.29, 0.717) is 24.8 Å². The van der Waals surface area contributed by atoms with Crippen molar-refractivity contribution >= 4 is 46.9 Å². The molecular formula is C19H26Cl2N2O6. The smallest absolute Gasteiger partial charge is 0.413 e. The summed E-state index contributed by atoms with van der Waals surface area (Å²) >= 11 is 11.8. The van der Waals surface area contributed by atoms with Crippen LogP contribution in [0.2, 0.25) is 0 Å². The van der Waals surface area contributed by atoms with Crippen LogP contribution in [0, 0.1) is 0 Å². The van der Waals surface area contributed by atoms with Gasteiger partial charge in [-0.2, -0.15) is 0 Å². The Morgan fingerprint density at radius 1 is 1.14 bits per heavy atom. The molecule has 0 aliphatic rings. The number of hydrogen-bond acceptors (Lipinski definition) is 5. The number of carboxylic acid groups (broad SMARTS) is 2. The van der Waals surface area contributed by atoms with E-state index in [2.05, 4.69) is 5.32 Å². The van der Waals surface area contributed by atoms with Crippen LogP contribution < -0.4 is 15.0 Å². The average Bonchev–Trinajstić information content (AvgIpc) is 2.64. The standard InChI is InChI=1S/C19H26Cl2N2O6/c1-12(2)14-11-13(3-5-16(14)23(9-7-20)10-8-21)29-19(28)22-15(18(26)27)4-6-17(24)25/h3,5,11-12,15H,4,6-10H2,1-2H3,(H,22,28)(H,24,25)(H,26,27)/t15-/m0/s1. The number of ether oxygens (including phenoxy) is 1. The number of rotatable bonds is 12. The van der Waals surface area contributed by atoms with E-state index >= 15 is 0 Å². The Kier molecular flexibility index (Phi) is 10.6. The van der Waals surface area contributed by atoms with Gasteiger partial charge in [0.05, 0.1) is 0 Å². The number of alkyl halides is 2. The first kappa shape index (κ1) is 24.8. The van der Waals surface area contributed by atoms with Crippen LogP contribution in [0.15, 0.2) is 18.2 Å². The van der Waals surface area contributed by atoms with E-state index in [-0.39, 0.29) is 24.5 Å². The maximum atomic E-state index is 12.1. The van der Waals surface area contributed by atoms with Crippen LogP contribution in [0.4, 0.5) is 10.5 Å². The van der Waals surface area contributed by atoms with E-state index in [1.165, 1.54) is 0 Å². The molecular weight excluding hydrogens is 423 g/mol. The Bertz CT molecular complexity index is 708. The molecule has 8 nitrogen and oxygen atoms in total. The second-order valence-electron chi connectivity index (χ2n) is 6.60. The molecule has 0 bridgehead atoms. The van der Waals surface area contributed by atoms with Crippen molar-refractivity contribution in [3.05, 3.63) is 23.8 Å². The molecule has 1 atom stereocenters. The highest BCUT2D eigenvalue weighted by Crippen LogP contribution is 2.31.